The van der Waals surface area contributed by atoms with E-state index in [-0.39, 0.29) is 49.9 Å². The van der Waals surface area contributed by atoms with Crippen LogP contribution in [0.15, 0.2) is 36.4 Å². The number of unbranched alkanes of at least 4 members (excludes halogenated alkanes) is 1. The predicted octanol–water partition coefficient (Wildman–Crippen LogP) is 4.23. The molecule has 0 aliphatic carbocycles. The summed E-state index contributed by atoms with van der Waals surface area (Å²) in [4.78, 5) is 0. The van der Waals surface area contributed by atoms with E-state index in [0.29, 0.717) is 18.5 Å². The van der Waals surface area contributed by atoms with Gasteiger partial charge >= 0.3 is 0 Å². The Morgan fingerprint density at radius 2 is 1.88 bits per heavy atom. The van der Waals surface area contributed by atoms with Gasteiger partial charge in [0.1, 0.15) is 0 Å². The van der Waals surface area contributed by atoms with Gasteiger partial charge in [0.25, 0.3) is 0 Å². The summed E-state index contributed by atoms with van der Waals surface area (Å²) in [6.45, 7) is 9.73. The molecule has 1 aliphatic heterocycles. The fourth-order valence-corrected chi connectivity index (χ4v) is 4.96. The van der Waals surface area contributed by atoms with E-state index in [1.54, 1.807) is 16.4 Å². The maximum atomic E-state index is 12.5. The molecule has 0 bridgehead atoms. The van der Waals surface area contributed by atoms with Gasteiger partial charge < -0.3 is 12.0 Å². The second kappa shape index (κ2) is 9.81. The minimum atomic E-state index is -3.27. The first kappa shape index (κ1) is 23.8. The van der Waals surface area contributed by atoms with Gasteiger partial charge in [-0.3, -0.25) is 4.31 Å². The second-order valence-corrected chi connectivity index (χ2v) is 9.73. The summed E-state index contributed by atoms with van der Waals surface area (Å²) in [5.74, 6) is 0.188. The molecule has 6 heteroatoms. The van der Waals surface area contributed by atoms with Crippen LogP contribution in [0, 0.1) is 12.3 Å². The SMILES string of the molecule is [CH2-]CC/C=C\CC1CCS(=O)(=O)N1c1ccc(C(O)C(C)(C)C)cc1.[Y]. The molecule has 4 nitrogen and oxygen atoms in total. The van der Waals surface area contributed by atoms with Crippen molar-refractivity contribution in [2.45, 2.75) is 58.6 Å². The number of nitrogens with zero attached hydrogens (tertiary/aromatic N) is 1. The van der Waals surface area contributed by atoms with Gasteiger partial charge in [0, 0.05) is 38.8 Å². The molecule has 1 aromatic carbocycles. The Morgan fingerprint density at radius 3 is 2.42 bits per heavy atom. The zero-order chi connectivity index (χ0) is 18.7. The van der Waals surface area contributed by atoms with Crippen LogP contribution in [-0.2, 0) is 42.7 Å². The number of benzene rings is 1. The molecule has 2 rings (SSSR count). The molecule has 2 atom stereocenters. The van der Waals surface area contributed by atoms with Crippen molar-refractivity contribution in [3.8, 4) is 0 Å². The molecular formula is C20H30NO3SY-. The van der Waals surface area contributed by atoms with E-state index in [0.717, 1.165) is 18.4 Å². The van der Waals surface area contributed by atoms with Gasteiger partial charge in [-0.25, -0.2) is 8.42 Å². The predicted molar refractivity (Wildman–Crippen MR) is 104 cm³/mol. The molecule has 26 heavy (non-hydrogen) atoms. The number of anilines is 1. The van der Waals surface area contributed by atoms with E-state index in [4.69, 9.17) is 0 Å². The molecule has 1 heterocycles. The zero-order valence-electron chi connectivity index (χ0n) is 16.1. The maximum Gasteiger partial charge on any atom is 0.235 e. The molecule has 2 unspecified atom stereocenters. The van der Waals surface area contributed by atoms with E-state index in [9.17, 15) is 13.5 Å². The summed E-state index contributed by atoms with van der Waals surface area (Å²) in [6.07, 6.45) is 6.66. The number of sulfonamides is 1. The molecule has 0 amide bonds. The van der Waals surface area contributed by atoms with Crippen molar-refractivity contribution < 1.29 is 46.2 Å². The number of aliphatic hydroxyl groups is 1. The van der Waals surface area contributed by atoms with Gasteiger partial charge in [0.05, 0.1) is 17.5 Å². The molecule has 1 fully saturated rings. The summed E-state index contributed by atoms with van der Waals surface area (Å²) >= 11 is 0. The van der Waals surface area contributed by atoms with E-state index >= 15 is 0 Å². The Hall–Kier alpha value is -0.226. The van der Waals surface area contributed by atoms with Crippen molar-refractivity contribution >= 4 is 15.7 Å². The largest absolute Gasteiger partial charge is 0.388 e. The van der Waals surface area contributed by atoms with Crippen LogP contribution in [0.25, 0.3) is 0 Å². The third kappa shape index (κ3) is 5.88. The van der Waals surface area contributed by atoms with Gasteiger partial charge in [-0.1, -0.05) is 51.5 Å². The van der Waals surface area contributed by atoms with Crippen molar-refractivity contribution in [3.63, 3.8) is 0 Å². The molecular weight excluding hydrogens is 423 g/mol. The van der Waals surface area contributed by atoms with Gasteiger partial charge in [0.2, 0.25) is 10.0 Å². The number of hydrogen-bond donors (Lipinski definition) is 1. The van der Waals surface area contributed by atoms with Crippen LogP contribution in [0.2, 0.25) is 0 Å². The number of allylic oxidation sites excluding steroid dienone is 1. The average molecular weight is 453 g/mol. The minimum Gasteiger partial charge on any atom is -0.388 e. The Kier molecular flexibility index (Phi) is 8.99. The van der Waals surface area contributed by atoms with Crippen LogP contribution in [0.5, 0.6) is 0 Å². The van der Waals surface area contributed by atoms with E-state index < -0.39 is 16.1 Å². The Bertz CT molecular complexity index is 693. The van der Waals surface area contributed by atoms with E-state index in [1.807, 2.05) is 32.9 Å². The standard InChI is InChI=1S/C20H30NO3S.Y/c1-5-6-7-8-9-17-14-15-25(23,24)21(17)18-12-10-16(11-13-18)19(22)20(2,3)4;/h7-8,10-13,17,19,22H,1,5-6,9,14-15H2,2-4H3;/q-1;/b8-7-;. The van der Waals surface area contributed by atoms with Crippen LogP contribution in [0.4, 0.5) is 5.69 Å². The van der Waals surface area contributed by atoms with Crippen LogP contribution >= 0.6 is 0 Å². The zero-order valence-corrected chi connectivity index (χ0v) is 19.7. The van der Waals surface area contributed by atoms with Crippen molar-refractivity contribution in [1.82, 2.24) is 0 Å². The summed E-state index contributed by atoms with van der Waals surface area (Å²) in [7, 11) is -3.27. The number of hydrogen-bond acceptors (Lipinski definition) is 3. The third-order valence-electron chi connectivity index (χ3n) is 4.57. The van der Waals surface area contributed by atoms with Gasteiger partial charge in [0.15, 0.2) is 0 Å². The summed E-state index contributed by atoms with van der Waals surface area (Å²) in [5, 5.41) is 10.4. The molecule has 0 spiro atoms. The normalized spacial score (nSPS) is 21.0. The van der Waals surface area contributed by atoms with Crippen molar-refractivity contribution in [1.29, 1.82) is 0 Å². The van der Waals surface area contributed by atoms with Crippen molar-refractivity contribution in [2.75, 3.05) is 10.1 Å². The first-order valence-corrected chi connectivity index (χ1v) is 10.5. The summed E-state index contributed by atoms with van der Waals surface area (Å²) < 4.78 is 26.5. The average Bonchev–Trinajstić information content (AvgIpc) is 2.85. The third-order valence-corrected chi connectivity index (χ3v) is 6.43. The maximum absolute atomic E-state index is 12.5. The van der Waals surface area contributed by atoms with Crippen LogP contribution < -0.4 is 4.31 Å². The van der Waals surface area contributed by atoms with Crippen molar-refractivity contribution in [2.24, 2.45) is 5.41 Å². The molecule has 0 aromatic heterocycles. The molecule has 1 N–H and O–H groups in total. The Morgan fingerprint density at radius 1 is 1.27 bits per heavy atom. The van der Waals surface area contributed by atoms with Crippen LogP contribution in [0.1, 0.15) is 58.1 Å². The smallest absolute Gasteiger partial charge is 0.235 e. The fraction of sp³-hybridized carbons (Fsp3) is 0.550. The Labute approximate surface area is 184 Å². The Balaban J connectivity index is 0.00000338. The first-order valence-electron chi connectivity index (χ1n) is 8.91. The second-order valence-electron chi connectivity index (χ2n) is 7.76. The minimum absolute atomic E-state index is 0. The number of aliphatic hydroxyl groups excluding tert-OH is 1. The van der Waals surface area contributed by atoms with Crippen LogP contribution in [-0.4, -0.2) is 25.3 Å². The van der Waals surface area contributed by atoms with Crippen LogP contribution in [0.3, 0.4) is 0 Å². The molecule has 143 valence electrons. The monoisotopic (exact) mass is 453 g/mol. The first-order chi connectivity index (χ1) is 11.7. The summed E-state index contributed by atoms with van der Waals surface area (Å²) in [5.41, 5.74) is 1.22. The number of rotatable bonds is 6. The molecule has 1 saturated heterocycles. The molecule has 1 aromatic rings. The van der Waals surface area contributed by atoms with E-state index in [2.05, 4.69) is 19.1 Å². The van der Waals surface area contributed by atoms with Gasteiger partial charge in [-0.2, -0.15) is 6.42 Å². The van der Waals surface area contributed by atoms with E-state index in [1.165, 1.54) is 0 Å². The van der Waals surface area contributed by atoms with Gasteiger partial charge in [-0.15, -0.1) is 0 Å². The molecule has 1 aliphatic rings. The quantitative estimate of drug-likeness (QED) is 0.518. The topological polar surface area (TPSA) is 57.6 Å². The molecule has 0 saturated carbocycles. The fourth-order valence-electron chi connectivity index (χ4n) is 3.11. The van der Waals surface area contributed by atoms with Crippen molar-refractivity contribution in [3.05, 3.63) is 48.9 Å². The summed E-state index contributed by atoms with van der Waals surface area (Å²) in [6, 6.07) is 7.23. The van der Waals surface area contributed by atoms with Gasteiger partial charge in [-0.05, 0) is 36.0 Å². The molecule has 1 radical (unpaired) electrons.